The number of phosphoric acid groups is 1. The van der Waals surface area contributed by atoms with E-state index in [2.05, 4.69) is 62.5 Å². The van der Waals surface area contributed by atoms with Gasteiger partial charge in [-0.1, -0.05) is 320 Å². The smallest absolute Gasteiger partial charge is 0.456 e. The fourth-order valence-corrected chi connectivity index (χ4v) is 11.5. The summed E-state index contributed by atoms with van der Waals surface area (Å²) in [7, 11) is 1.50. The van der Waals surface area contributed by atoms with Crippen LogP contribution in [0.15, 0.2) is 48.6 Å². The summed E-state index contributed by atoms with van der Waals surface area (Å²) in [5, 5.41) is 3.07. The van der Waals surface area contributed by atoms with Gasteiger partial charge in [0.25, 0.3) is 0 Å². The van der Waals surface area contributed by atoms with Gasteiger partial charge in [-0.3, -0.25) is 18.6 Å². The van der Waals surface area contributed by atoms with Gasteiger partial charge in [-0.05, 0) is 70.3 Å². The molecule has 488 valence electrons. The highest BCUT2D eigenvalue weighted by atomic mass is 31.2. The first kappa shape index (κ1) is 81.0. The molecule has 1 amide bonds. The fourth-order valence-electron chi connectivity index (χ4n) is 10.7. The van der Waals surface area contributed by atoms with Crippen molar-refractivity contribution in [2.24, 2.45) is 0 Å². The lowest BCUT2D eigenvalue weighted by Gasteiger charge is -2.27. The van der Waals surface area contributed by atoms with Crippen molar-refractivity contribution in [1.29, 1.82) is 0 Å². The Balaban J connectivity index is 4.96. The van der Waals surface area contributed by atoms with Crippen molar-refractivity contribution in [3.8, 4) is 0 Å². The number of ether oxygens (including phenoxy) is 1. The summed E-state index contributed by atoms with van der Waals surface area (Å²) < 4.78 is 30.8. The van der Waals surface area contributed by atoms with Gasteiger partial charge in [0.2, 0.25) is 5.91 Å². The van der Waals surface area contributed by atoms with E-state index in [4.69, 9.17) is 13.8 Å². The summed E-state index contributed by atoms with van der Waals surface area (Å²) in [6.45, 7) is 7.02. The van der Waals surface area contributed by atoms with Gasteiger partial charge in [0.05, 0.1) is 33.8 Å². The number of hydrogen-bond acceptors (Lipinski definition) is 6. The molecule has 10 heteroatoms. The highest BCUT2D eigenvalue weighted by molar-refractivity contribution is 7.47. The Bertz CT molecular complexity index is 1560. The van der Waals surface area contributed by atoms with Gasteiger partial charge in [0.1, 0.15) is 19.3 Å². The average molecular weight is 1190 g/mol. The third-order valence-corrected chi connectivity index (χ3v) is 17.3. The van der Waals surface area contributed by atoms with Crippen molar-refractivity contribution in [1.82, 2.24) is 5.32 Å². The molecule has 0 aliphatic heterocycles. The molecule has 83 heavy (non-hydrogen) atoms. The van der Waals surface area contributed by atoms with E-state index in [0.717, 1.165) is 83.5 Å². The first-order chi connectivity index (χ1) is 40.4. The number of nitrogens with zero attached hydrogens (tertiary/aromatic N) is 1. The van der Waals surface area contributed by atoms with Gasteiger partial charge < -0.3 is 19.4 Å². The number of unbranched alkanes of at least 4 members (excludes halogenated alkanes) is 44. The van der Waals surface area contributed by atoms with Gasteiger partial charge in [-0.15, -0.1) is 0 Å². The highest BCUT2D eigenvalue weighted by Crippen LogP contribution is 2.43. The molecule has 0 radical (unpaired) electrons. The first-order valence-electron chi connectivity index (χ1n) is 36.0. The highest BCUT2D eigenvalue weighted by Gasteiger charge is 2.30. The van der Waals surface area contributed by atoms with Crippen LogP contribution >= 0.6 is 7.82 Å². The van der Waals surface area contributed by atoms with Crippen LogP contribution in [0, 0.1) is 0 Å². The molecule has 0 heterocycles. The summed E-state index contributed by atoms with van der Waals surface area (Å²) in [6.07, 6.45) is 79.9. The standard InChI is InChI=1S/C73H139N2O7P/c1-7-10-13-16-19-22-25-27-29-31-33-34-35-36-37-38-39-40-42-43-45-47-50-53-56-59-62-65-72(76)74-70(69-81-83(78,79)80-68-67-75(4,5)6)71(64-61-58-55-52-49-24-21-18-15-12-9-3)82-73(77)66-63-60-57-54-51-48-46-44-41-32-30-28-26-23-20-17-14-11-8-2/h20,23,28,30,41,44,61,64,70-71H,7-19,21-22,24-27,29,31-40,42-43,45-60,62-63,65-69H2,1-6H3,(H-,74,76,78,79)/p+1/b23-20-,30-28-,44-41-,64-61-. The topological polar surface area (TPSA) is 111 Å². The second-order valence-electron chi connectivity index (χ2n) is 25.8. The second kappa shape index (κ2) is 63.0. The maximum Gasteiger partial charge on any atom is 0.472 e. The number of hydrogen-bond donors (Lipinski definition) is 2. The Labute approximate surface area is 516 Å². The minimum atomic E-state index is -4.45. The van der Waals surface area contributed by atoms with E-state index in [0.29, 0.717) is 17.4 Å². The Kier molecular flexibility index (Phi) is 61.5. The van der Waals surface area contributed by atoms with Crippen LogP contribution in [0.3, 0.4) is 0 Å². The number of carbonyl (C=O) groups excluding carboxylic acids is 2. The maximum atomic E-state index is 13.6. The molecule has 0 aliphatic carbocycles. The minimum absolute atomic E-state index is 0.0393. The van der Waals surface area contributed by atoms with Crippen LogP contribution in [-0.2, 0) is 27.9 Å². The summed E-state index contributed by atoms with van der Waals surface area (Å²) >= 11 is 0. The van der Waals surface area contributed by atoms with E-state index in [1.807, 2.05) is 33.3 Å². The zero-order chi connectivity index (χ0) is 60.7. The number of likely N-dealkylation sites (N-methyl/N-ethyl adjacent to an activating group) is 1. The average Bonchev–Trinajstić information content (AvgIpc) is 3.51. The monoisotopic (exact) mass is 1190 g/mol. The Morgan fingerprint density at radius 3 is 1.12 bits per heavy atom. The number of quaternary nitrogens is 1. The number of phosphoric ester groups is 1. The van der Waals surface area contributed by atoms with Crippen LogP contribution in [0.4, 0.5) is 0 Å². The number of allylic oxidation sites excluding steroid dienone is 7. The van der Waals surface area contributed by atoms with E-state index < -0.39 is 20.0 Å². The van der Waals surface area contributed by atoms with Gasteiger partial charge in [-0.25, -0.2) is 4.57 Å². The molecule has 2 N–H and O–H groups in total. The third-order valence-electron chi connectivity index (χ3n) is 16.3. The van der Waals surface area contributed by atoms with Gasteiger partial charge in [0, 0.05) is 12.8 Å². The van der Waals surface area contributed by atoms with Gasteiger partial charge in [0.15, 0.2) is 0 Å². The van der Waals surface area contributed by atoms with Crippen molar-refractivity contribution in [3.05, 3.63) is 48.6 Å². The molecular weight excluding hydrogens is 1050 g/mol. The summed E-state index contributed by atoms with van der Waals surface area (Å²) in [6, 6.07) is -0.852. The van der Waals surface area contributed by atoms with E-state index in [9.17, 15) is 19.0 Å². The zero-order valence-corrected chi connectivity index (χ0v) is 56.8. The van der Waals surface area contributed by atoms with Crippen LogP contribution in [0.25, 0.3) is 0 Å². The number of amides is 1. The lowest BCUT2D eigenvalue weighted by Crippen LogP contribution is -2.47. The molecule has 0 aromatic carbocycles. The molecule has 3 unspecified atom stereocenters. The molecule has 0 aromatic rings. The number of nitrogens with one attached hydrogen (secondary N) is 1. The zero-order valence-electron chi connectivity index (χ0n) is 56.0. The Morgan fingerprint density at radius 2 is 0.735 bits per heavy atom. The van der Waals surface area contributed by atoms with Gasteiger partial charge in [-0.2, -0.15) is 0 Å². The quantitative estimate of drug-likeness (QED) is 0.0205. The maximum absolute atomic E-state index is 13.6. The van der Waals surface area contributed by atoms with Crippen molar-refractivity contribution in [2.45, 2.75) is 367 Å². The normalized spacial score (nSPS) is 13.8. The van der Waals surface area contributed by atoms with Crippen LogP contribution in [0.2, 0.25) is 0 Å². The predicted molar refractivity (Wildman–Crippen MR) is 360 cm³/mol. The van der Waals surface area contributed by atoms with Crippen molar-refractivity contribution < 1.29 is 37.3 Å². The van der Waals surface area contributed by atoms with Crippen LogP contribution < -0.4 is 5.32 Å². The molecule has 0 saturated carbocycles. The molecule has 0 bridgehead atoms. The lowest BCUT2D eigenvalue weighted by molar-refractivity contribution is -0.870. The van der Waals surface area contributed by atoms with E-state index in [1.54, 1.807) is 0 Å². The molecule has 0 rings (SSSR count). The van der Waals surface area contributed by atoms with Crippen LogP contribution in [0.1, 0.15) is 355 Å². The van der Waals surface area contributed by atoms with E-state index in [1.165, 1.54) is 238 Å². The van der Waals surface area contributed by atoms with E-state index >= 15 is 0 Å². The first-order valence-corrected chi connectivity index (χ1v) is 37.5. The third kappa shape index (κ3) is 64.3. The SMILES string of the molecule is CCCCC/C=C\C/C=C\C/C=C\CCCCCCCCC(=O)OC(/C=C\CCCCCCCCCCC)C(COP(=O)(O)OCC[N+](C)(C)C)NC(=O)CCCCCCCCCCCCCCCCCCCCCCCCCCCCC. The molecule has 0 fully saturated rings. The molecule has 0 aliphatic rings. The van der Waals surface area contributed by atoms with Gasteiger partial charge >= 0.3 is 13.8 Å². The largest absolute Gasteiger partial charge is 0.472 e. The fraction of sp³-hybridized carbons (Fsp3) is 0.863. The second-order valence-corrected chi connectivity index (χ2v) is 27.2. The summed E-state index contributed by atoms with van der Waals surface area (Å²) in [5.74, 6) is -0.504. The van der Waals surface area contributed by atoms with E-state index in [-0.39, 0.29) is 31.5 Å². The number of esters is 1. The van der Waals surface area contributed by atoms with Crippen molar-refractivity contribution in [2.75, 3.05) is 40.9 Å². The predicted octanol–water partition coefficient (Wildman–Crippen LogP) is 22.8. The van der Waals surface area contributed by atoms with Crippen molar-refractivity contribution in [3.63, 3.8) is 0 Å². The molecular formula is C73H140N2O7P+. The lowest BCUT2D eigenvalue weighted by atomic mass is 10.0. The summed E-state index contributed by atoms with van der Waals surface area (Å²) in [5.41, 5.74) is 0. The number of rotatable bonds is 66. The summed E-state index contributed by atoms with van der Waals surface area (Å²) in [4.78, 5) is 37.9. The molecule has 3 atom stereocenters. The van der Waals surface area contributed by atoms with Crippen LogP contribution in [-0.4, -0.2) is 74.3 Å². The molecule has 0 aromatic heterocycles. The Morgan fingerprint density at radius 1 is 0.422 bits per heavy atom. The molecule has 0 spiro atoms. The molecule has 0 saturated heterocycles. The molecule has 9 nitrogen and oxygen atoms in total. The van der Waals surface area contributed by atoms with Crippen LogP contribution in [0.5, 0.6) is 0 Å². The van der Waals surface area contributed by atoms with Crippen molar-refractivity contribution >= 4 is 19.7 Å². The number of carbonyl (C=O) groups is 2. The Hall–Kier alpha value is -2.03. The minimum Gasteiger partial charge on any atom is -0.456 e.